The molecule has 8 heteroatoms. The first-order chi connectivity index (χ1) is 19.0. The topological polar surface area (TPSA) is 105 Å². The van der Waals surface area contributed by atoms with Gasteiger partial charge >= 0.3 is 18.2 Å². The number of hydrogen-bond donors (Lipinski definition) is 2. The number of amides is 2. The van der Waals surface area contributed by atoms with Gasteiger partial charge in [-0.3, -0.25) is 4.79 Å². The fourth-order valence-electron chi connectivity index (χ4n) is 5.67. The molecular formula is C31H32N2O6. The minimum atomic E-state index is -1.07. The van der Waals surface area contributed by atoms with E-state index >= 15 is 0 Å². The number of carboxylic acid groups (broad SMARTS) is 1. The molecule has 1 saturated heterocycles. The van der Waals surface area contributed by atoms with Crippen LogP contribution in [0.2, 0.25) is 0 Å². The zero-order valence-corrected chi connectivity index (χ0v) is 21.6. The van der Waals surface area contributed by atoms with E-state index in [-0.39, 0.29) is 25.6 Å². The third kappa shape index (κ3) is 6.06. The van der Waals surface area contributed by atoms with Crippen LogP contribution in [0.15, 0.2) is 78.9 Å². The molecule has 0 bridgehead atoms. The molecule has 0 saturated carbocycles. The highest BCUT2D eigenvalue weighted by molar-refractivity contribution is 5.79. The molecule has 2 atom stereocenters. The fraction of sp³-hybridized carbons (Fsp3) is 0.323. The fourth-order valence-corrected chi connectivity index (χ4v) is 5.67. The van der Waals surface area contributed by atoms with E-state index in [9.17, 15) is 19.5 Å². The first-order valence-electron chi connectivity index (χ1n) is 13.3. The molecule has 5 rings (SSSR count). The lowest BCUT2D eigenvalue weighted by Gasteiger charge is -2.39. The molecule has 8 nitrogen and oxygen atoms in total. The van der Waals surface area contributed by atoms with Crippen molar-refractivity contribution in [3.8, 4) is 11.1 Å². The van der Waals surface area contributed by atoms with Crippen LogP contribution in [-0.2, 0) is 20.9 Å². The van der Waals surface area contributed by atoms with Gasteiger partial charge in [0.15, 0.2) is 0 Å². The third-order valence-corrected chi connectivity index (χ3v) is 7.49. The molecule has 39 heavy (non-hydrogen) atoms. The smallest absolute Gasteiger partial charge is 0.410 e. The summed E-state index contributed by atoms with van der Waals surface area (Å²) in [6, 6.07) is 24.1. The Balaban J connectivity index is 1.25. The van der Waals surface area contributed by atoms with E-state index in [0.717, 1.165) is 40.7 Å². The van der Waals surface area contributed by atoms with Crippen LogP contribution < -0.4 is 5.32 Å². The molecule has 2 aliphatic rings. The maximum Gasteiger partial charge on any atom is 0.410 e. The summed E-state index contributed by atoms with van der Waals surface area (Å²) in [5.74, 6) is -1.18. The number of aliphatic carboxylic acids is 1. The van der Waals surface area contributed by atoms with Gasteiger partial charge in [-0.05, 0) is 47.1 Å². The number of likely N-dealkylation sites (tertiary alicyclic amines) is 1. The van der Waals surface area contributed by atoms with Crippen LogP contribution in [0.25, 0.3) is 11.1 Å². The second-order valence-electron chi connectivity index (χ2n) is 9.97. The van der Waals surface area contributed by atoms with Gasteiger partial charge < -0.3 is 24.8 Å². The molecule has 2 amide bonds. The number of carbonyl (C=O) groups excluding carboxylic acids is 2. The van der Waals surface area contributed by atoms with Crippen LogP contribution in [0, 0.1) is 0 Å². The van der Waals surface area contributed by atoms with Crippen molar-refractivity contribution in [3.05, 3.63) is 95.6 Å². The van der Waals surface area contributed by atoms with E-state index < -0.39 is 30.2 Å². The van der Waals surface area contributed by atoms with Gasteiger partial charge in [-0.15, -0.1) is 0 Å². The number of benzene rings is 3. The Morgan fingerprint density at radius 3 is 2.18 bits per heavy atom. The summed E-state index contributed by atoms with van der Waals surface area (Å²) >= 11 is 0. The Hall–Kier alpha value is -4.33. The summed E-state index contributed by atoms with van der Waals surface area (Å²) in [6.07, 6.45) is 0.594. The maximum atomic E-state index is 13.0. The first-order valence-corrected chi connectivity index (χ1v) is 13.3. The van der Waals surface area contributed by atoms with Crippen molar-refractivity contribution >= 4 is 18.2 Å². The molecule has 1 aliphatic carbocycles. The van der Waals surface area contributed by atoms with Crippen molar-refractivity contribution in [2.75, 3.05) is 13.2 Å². The largest absolute Gasteiger partial charge is 0.481 e. The van der Waals surface area contributed by atoms with Gasteiger partial charge in [0, 0.05) is 12.5 Å². The number of carboxylic acids is 1. The summed E-state index contributed by atoms with van der Waals surface area (Å²) < 4.78 is 11.2. The van der Waals surface area contributed by atoms with Gasteiger partial charge in [-0.2, -0.15) is 0 Å². The van der Waals surface area contributed by atoms with Gasteiger partial charge in [-0.25, -0.2) is 9.59 Å². The molecule has 2 N–H and O–H groups in total. The molecule has 202 valence electrons. The lowest BCUT2D eigenvalue weighted by Crippen LogP contribution is -2.56. The molecule has 0 spiro atoms. The molecule has 1 fully saturated rings. The predicted octanol–water partition coefficient (Wildman–Crippen LogP) is 5.56. The molecule has 0 radical (unpaired) electrons. The Morgan fingerprint density at radius 1 is 0.872 bits per heavy atom. The summed E-state index contributed by atoms with van der Waals surface area (Å²) in [5.41, 5.74) is 5.29. The lowest BCUT2D eigenvalue weighted by molar-refractivity contribution is -0.138. The van der Waals surface area contributed by atoms with Crippen molar-refractivity contribution < 1.29 is 29.0 Å². The lowest BCUT2D eigenvalue weighted by atomic mass is 9.94. The average Bonchev–Trinajstić information content (AvgIpc) is 3.28. The molecule has 3 aromatic carbocycles. The molecule has 1 heterocycles. The van der Waals surface area contributed by atoms with Gasteiger partial charge in [-0.1, -0.05) is 78.9 Å². The number of rotatable bonds is 8. The summed E-state index contributed by atoms with van der Waals surface area (Å²) in [6.45, 7) is 0.667. The van der Waals surface area contributed by atoms with Crippen LogP contribution in [0.5, 0.6) is 0 Å². The zero-order valence-electron chi connectivity index (χ0n) is 21.6. The highest BCUT2D eigenvalue weighted by atomic mass is 16.6. The number of nitrogens with zero attached hydrogens (tertiary/aromatic N) is 1. The summed E-state index contributed by atoms with van der Waals surface area (Å²) in [7, 11) is 0. The van der Waals surface area contributed by atoms with Crippen molar-refractivity contribution in [3.63, 3.8) is 0 Å². The Kier molecular flexibility index (Phi) is 8.10. The number of hydrogen-bond acceptors (Lipinski definition) is 5. The van der Waals surface area contributed by atoms with Crippen LogP contribution >= 0.6 is 0 Å². The summed E-state index contributed by atoms with van der Waals surface area (Å²) in [4.78, 5) is 39.3. The second kappa shape index (κ2) is 12.0. The summed E-state index contributed by atoms with van der Waals surface area (Å²) in [5, 5.41) is 12.4. The van der Waals surface area contributed by atoms with E-state index in [1.807, 2.05) is 66.7 Å². The number of fused-ring (bicyclic) bond motifs is 3. The van der Waals surface area contributed by atoms with Crippen LogP contribution in [0.3, 0.4) is 0 Å². The van der Waals surface area contributed by atoms with Crippen LogP contribution in [-0.4, -0.2) is 53.4 Å². The Labute approximate surface area is 227 Å². The number of carbonyl (C=O) groups is 3. The van der Waals surface area contributed by atoms with Crippen molar-refractivity contribution in [1.29, 1.82) is 0 Å². The second-order valence-corrected chi connectivity index (χ2v) is 9.97. The predicted molar refractivity (Wildman–Crippen MR) is 145 cm³/mol. The van der Waals surface area contributed by atoms with Gasteiger partial charge in [0.2, 0.25) is 0 Å². The quantitative estimate of drug-likeness (QED) is 0.397. The molecule has 0 unspecified atom stereocenters. The highest BCUT2D eigenvalue weighted by Gasteiger charge is 2.37. The van der Waals surface area contributed by atoms with Crippen molar-refractivity contribution in [1.82, 2.24) is 10.2 Å². The van der Waals surface area contributed by atoms with E-state index in [2.05, 4.69) is 17.4 Å². The SMILES string of the molecule is O=C(O)C[C@H](NC(=O)OCC1c2ccccc2-c2ccccc21)[C@@H]1CCCCN1C(=O)OCc1ccccc1. The standard InChI is InChI=1S/C31H32N2O6/c34-29(35)18-27(28-16-8-9-17-33(28)31(37)39-19-21-10-2-1-3-11-21)32-30(36)38-20-26-24-14-6-4-12-22(24)23-13-5-7-15-25(23)26/h1-7,10-15,26-28H,8-9,16-20H2,(H,32,36)(H,34,35)/t27-,28-/m0/s1. The van der Waals surface area contributed by atoms with Crippen LogP contribution in [0.4, 0.5) is 9.59 Å². The molecular weight excluding hydrogens is 496 g/mol. The normalized spacial score (nSPS) is 17.0. The van der Waals surface area contributed by atoms with Gasteiger partial charge in [0.05, 0.1) is 18.5 Å². The van der Waals surface area contributed by atoms with Crippen LogP contribution in [0.1, 0.15) is 48.3 Å². The third-order valence-electron chi connectivity index (χ3n) is 7.49. The van der Waals surface area contributed by atoms with Gasteiger partial charge in [0.25, 0.3) is 0 Å². The zero-order chi connectivity index (χ0) is 27.2. The minimum Gasteiger partial charge on any atom is -0.481 e. The average molecular weight is 529 g/mol. The molecule has 1 aliphatic heterocycles. The number of nitrogens with one attached hydrogen (secondary N) is 1. The Bertz CT molecular complexity index is 1280. The van der Waals surface area contributed by atoms with Crippen molar-refractivity contribution in [2.24, 2.45) is 0 Å². The number of ether oxygens (including phenoxy) is 2. The number of alkyl carbamates (subject to hydrolysis) is 1. The van der Waals surface area contributed by atoms with E-state index in [4.69, 9.17) is 9.47 Å². The van der Waals surface area contributed by atoms with Gasteiger partial charge in [0.1, 0.15) is 13.2 Å². The molecule has 3 aromatic rings. The highest BCUT2D eigenvalue weighted by Crippen LogP contribution is 2.44. The van der Waals surface area contributed by atoms with Crippen molar-refractivity contribution in [2.45, 2.75) is 50.3 Å². The maximum absolute atomic E-state index is 13.0. The Morgan fingerprint density at radius 2 is 1.51 bits per heavy atom. The van der Waals surface area contributed by atoms with E-state index in [0.29, 0.717) is 13.0 Å². The number of piperidine rings is 1. The van der Waals surface area contributed by atoms with E-state index in [1.54, 1.807) is 4.90 Å². The van der Waals surface area contributed by atoms with E-state index in [1.165, 1.54) is 0 Å². The monoisotopic (exact) mass is 528 g/mol. The minimum absolute atomic E-state index is 0.111. The first kappa shape index (κ1) is 26.3. The molecule has 0 aromatic heterocycles.